The van der Waals surface area contributed by atoms with Gasteiger partial charge in [-0.05, 0) is 18.4 Å². The van der Waals surface area contributed by atoms with Crippen molar-refractivity contribution >= 4 is 29.7 Å². The molecule has 1 atom stereocenters. The maximum atomic E-state index is 11.3. The second-order valence-electron chi connectivity index (χ2n) is 3.42. The Morgan fingerprint density at radius 3 is 2.56 bits per heavy atom. The number of aliphatic carboxylic acids is 1. The molecule has 0 heterocycles. The first-order chi connectivity index (χ1) is 8.51. The average Bonchev–Trinajstić information content (AvgIpc) is 2.33. The Morgan fingerprint density at radius 2 is 2.06 bits per heavy atom. The summed E-state index contributed by atoms with van der Waals surface area (Å²) in [5.74, 6) is -1.06. The highest BCUT2D eigenvalue weighted by molar-refractivity contribution is 7.98. The summed E-state index contributed by atoms with van der Waals surface area (Å²) in [7, 11) is 1.16. The summed E-state index contributed by atoms with van der Waals surface area (Å²) in [6.45, 7) is 0.456. The van der Waals surface area contributed by atoms with Gasteiger partial charge in [-0.1, -0.05) is 0 Å². The Bertz CT molecular complexity index is 298. The number of thioether (sulfide) groups is 1. The van der Waals surface area contributed by atoms with Crippen molar-refractivity contribution in [1.29, 1.82) is 0 Å². The Balaban J connectivity index is 4.04. The number of carbonyl (C=O) groups is 3. The molecule has 8 heteroatoms. The summed E-state index contributed by atoms with van der Waals surface area (Å²) < 4.78 is 4.35. The number of nitrogens with one attached hydrogen (secondary N) is 2. The molecule has 0 aromatic heterocycles. The highest BCUT2D eigenvalue weighted by Gasteiger charge is 2.23. The highest BCUT2D eigenvalue weighted by atomic mass is 32.2. The maximum Gasteiger partial charge on any atom is 0.326 e. The van der Waals surface area contributed by atoms with Crippen LogP contribution in [0.3, 0.4) is 0 Å². The number of methoxy groups -OCH3 is 1. The van der Waals surface area contributed by atoms with Gasteiger partial charge in [0.1, 0.15) is 6.04 Å². The molecule has 0 radical (unpaired) electrons. The van der Waals surface area contributed by atoms with Crippen LogP contribution in [0, 0.1) is 0 Å². The van der Waals surface area contributed by atoms with Crippen molar-refractivity contribution in [3.05, 3.63) is 0 Å². The molecule has 0 saturated heterocycles. The van der Waals surface area contributed by atoms with E-state index in [0.717, 1.165) is 19.3 Å². The molecule has 7 nitrogen and oxygen atoms in total. The lowest BCUT2D eigenvalue weighted by Crippen LogP contribution is -2.47. The number of amides is 2. The van der Waals surface area contributed by atoms with Gasteiger partial charge in [0.2, 0.25) is 0 Å². The smallest absolute Gasteiger partial charge is 0.326 e. The number of carbonyl (C=O) groups excluding carboxylic acids is 2. The normalized spacial score (nSPS) is 11.4. The minimum absolute atomic E-state index is 0.399. The molecule has 104 valence electrons. The van der Waals surface area contributed by atoms with Crippen molar-refractivity contribution in [2.24, 2.45) is 0 Å². The topological polar surface area (TPSA) is 105 Å². The molecule has 0 aliphatic rings. The summed E-state index contributed by atoms with van der Waals surface area (Å²) in [5.41, 5.74) is 0. The van der Waals surface area contributed by atoms with E-state index < -0.39 is 30.4 Å². The van der Waals surface area contributed by atoms with Gasteiger partial charge in [0, 0.05) is 6.54 Å². The van der Waals surface area contributed by atoms with Crippen LogP contribution in [0.5, 0.6) is 0 Å². The Labute approximate surface area is 110 Å². The van der Waals surface area contributed by atoms with Crippen molar-refractivity contribution in [1.82, 2.24) is 10.6 Å². The number of ether oxygens (including phenoxy) is 1. The van der Waals surface area contributed by atoms with Crippen molar-refractivity contribution in [2.45, 2.75) is 18.9 Å². The zero-order valence-corrected chi connectivity index (χ0v) is 11.2. The number of esters is 1. The number of carboxylic acid groups (broad SMARTS) is 1. The standard InChI is InChI=1S/C10H18N2O5S/c1-17-8(13)6-7(9(14)15)12-10(16)11-4-3-5-18-2/h7H,3-6H2,1-2H3,(H,14,15)(H2,11,12,16)/t7-/m0/s1. The third-order valence-corrected chi connectivity index (χ3v) is 2.71. The van der Waals surface area contributed by atoms with Crippen LogP contribution in [-0.2, 0) is 14.3 Å². The molecule has 0 aromatic carbocycles. The second-order valence-corrected chi connectivity index (χ2v) is 4.40. The number of hydrogen-bond acceptors (Lipinski definition) is 5. The van der Waals surface area contributed by atoms with Gasteiger partial charge in [0.05, 0.1) is 13.5 Å². The molecular formula is C10H18N2O5S. The summed E-state index contributed by atoms with van der Waals surface area (Å²) >= 11 is 1.66. The molecule has 0 unspecified atom stereocenters. The van der Waals surface area contributed by atoms with Crippen LogP contribution >= 0.6 is 11.8 Å². The SMILES string of the molecule is COC(=O)C[C@H](NC(=O)NCCCSC)C(=O)O. The number of hydrogen-bond donors (Lipinski definition) is 3. The van der Waals surface area contributed by atoms with E-state index in [1.54, 1.807) is 11.8 Å². The van der Waals surface area contributed by atoms with E-state index in [4.69, 9.17) is 5.11 Å². The zero-order chi connectivity index (χ0) is 14.0. The van der Waals surface area contributed by atoms with Gasteiger partial charge in [-0.2, -0.15) is 11.8 Å². The highest BCUT2D eigenvalue weighted by Crippen LogP contribution is 1.96. The Morgan fingerprint density at radius 1 is 1.39 bits per heavy atom. The van der Waals surface area contributed by atoms with E-state index in [-0.39, 0.29) is 0 Å². The molecule has 0 saturated carbocycles. The van der Waals surface area contributed by atoms with Gasteiger partial charge in [0.15, 0.2) is 0 Å². The summed E-state index contributed by atoms with van der Waals surface area (Å²) in [6.07, 6.45) is 2.35. The van der Waals surface area contributed by atoms with Gasteiger partial charge >= 0.3 is 18.0 Å². The number of rotatable bonds is 8. The Hall–Kier alpha value is -1.44. The fourth-order valence-electron chi connectivity index (χ4n) is 1.08. The van der Waals surface area contributed by atoms with Crippen LogP contribution < -0.4 is 10.6 Å². The quantitative estimate of drug-likeness (QED) is 0.428. The number of urea groups is 1. The molecular weight excluding hydrogens is 260 g/mol. The van der Waals surface area contributed by atoms with Crippen LogP contribution in [0.25, 0.3) is 0 Å². The van der Waals surface area contributed by atoms with Gasteiger partial charge in [0.25, 0.3) is 0 Å². The summed E-state index contributed by atoms with van der Waals surface area (Å²) in [4.78, 5) is 33.1. The molecule has 0 spiro atoms. The largest absolute Gasteiger partial charge is 0.480 e. The lowest BCUT2D eigenvalue weighted by atomic mass is 10.2. The van der Waals surface area contributed by atoms with E-state index in [2.05, 4.69) is 15.4 Å². The van der Waals surface area contributed by atoms with E-state index in [0.29, 0.717) is 6.54 Å². The molecule has 0 aliphatic carbocycles. The average molecular weight is 278 g/mol. The van der Waals surface area contributed by atoms with E-state index >= 15 is 0 Å². The van der Waals surface area contributed by atoms with Crippen LogP contribution in [0.2, 0.25) is 0 Å². The first-order valence-electron chi connectivity index (χ1n) is 5.34. The first-order valence-corrected chi connectivity index (χ1v) is 6.73. The fraction of sp³-hybridized carbons (Fsp3) is 0.700. The van der Waals surface area contributed by atoms with E-state index in [1.807, 2.05) is 6.26 Å². The lowest BCUT2D eigenvalue weighted by Gasteiger charge is -2.13. The van der Waals surface area contributed by atoms with Crippen LogP contribution in [0.1, 0.15) is 12.8 Å². The minimum Gasteiger partial charge on any atom is -0.480 e. The second kappa shape index (κ2) is 9.58. The Kier molecular flexibility index (Phi) is 8.81. The van der Waals surface area contributed by atoms with Gasteiger partial charge in [-0.3, -0.25) is 4.79 Å². The first kappa shape index (κ1) is 16.6. The number of carboxylic acids is 1. The van der Waals surface area contributed by atoms with Gasteiger partial charge in [-0.25, -0.2) is 9.59 Å². The van der Waals surface area contributed by atoms with Crippen molar-refractivity contribution < 1.29 is 24.2 Å². The fourth-order valence-corrected chi connectivity index (χ4v) is 1.51. The third-order valence-electron chi connectivity index (χ3n) is 2.01. The molecule has 0 rings (SSSR count). The van der Waals surface area contributed by atoms with E-state index in [1.165, 1.54) is 0 Å². The van der Waals surface area contributed by atoms with Crippen LogP contribution in [0.4, 0.5) is 4.79 Å². The molecule has 3 N–H and O–H groups in total. The lowest BCUT2D eigenvalue weighted by molar-refractivity contribution is -0.147. The molecule has 0 fully saturated rings. The zero-order valence-electron chi connectivity index (χ0n) is 10.4. The summed E-state index contributed by atoms with van der Waals surface area (Å²) in [6, 6.07) is -1.88. The predicted molar refractivity (Wildman–Crippen MR) is 67.6 cm³/mol. The van der Waals surface area contributed by atoms with Crippen molar-refractivity contribution in [3.8, 4) is 0 Å². The van der Waals surface area contributed by atoms with Crippen LogP contribution in [0.15, 0.2) is 0 Å². The molecule has 0 bridgehead atoms. The predicted octanol–water partition coefficient (Wildman–Crippen LogP) is 0.0550. The monoisotopic (exact) mass is 278 g/mol. The van der Waals surface area contributed by atoms with Gasteiger partial charge in [-0.15, -0.1) is 0 Å². The van der Waals surface area contributed by atoms with Crippen molar-refractivity contribution in [2.75, 3.05) is 25.7 Å². The van der Waals surface area contributed by atoms with Crippen LogP contribution in [-0.4, -0.2) is 54.8 Å². The molecule has 2 amide bonds. The molecule has 0 aromatic rings. The minimum atomic E-state index is -1.28. The van der Waals surface area contributed by atoms with Gasteiger partial charge < -0.3 is 20.5 Å². The molecule has 0 aliphatic heterocycles. The maximum absolute atomic E-state index is 11.3. The molecule has 18 heavy (non-hydrogen) atoms. The summed E-state index contributed by atoms with van der Waals surface area (Å²) in [5, 5.41) is 13.5. The third kappa shape index (κ3) is 7.77. The van der Waals surface area contributed by atoms with E-state index in [9.17, 15) is 14.4 Å². The van der Waals surface area contributed by atoms with Crippen molar-refractivity contribution in [3.63, 3.8) is 0 Å².